The highest BCUT2D eigenvalue weighted by Gasteiger charge is 2.10. The molecule has 1 N–H and O–H groups in total. The van der Waals surface area contributed by atoms with Crippen molar-refractivity contribution in [1.29, 1.82) is 0 Å². The molecule has 0 spiro atoms. The van der Waals surface area contributed by atoms with Crippen molar-refractivity contribution in [1.82, 2.24) is 15.2 Å². The third-order valence-electron chi connectivity index (χ3n) is 1.79. The SMILES string of the molecule is CC(=O)c1cnc2[nH]ncc2c1Cl. The van der Waals surface area contributed by atoms with Crippen molar-refractivity contribution in [2.45, 2.75) is 6.92 Å². The number of aromatic nitrogens is 3. The van der Waals surface area contributed by atoms with Gasteiger partial charge in [-0.1, -0.05) is 11.6 Å². The maximum Gasteiger partial charge on any atom is 0.162 e. The van der Waals surface area contributed by atoms with Crippen molar-refractivity contribution in [2.75, 3.05) is 0 Å². The summed E-state index contributed by atoms with van der Waals surface area (Å²) in [6.45, 7) is 1.45. The lowest BCUT2D eigenvalue weighted by atomic mass is 10.2. The smallest absolute Gasteiger partial charge is 0.162 e. The van der Waals surface area contributed by atoms with E-state index in [1.165, 1.54) is 13.1 Å². The number of pyridine rings is 1. The standard InChI is InChI=1S/C8H6ClN3O/c1-4(13)5-2-10-8-6(7(5)9)3-11-12-8/h2-3H,1H3,(H,10,11,12). The molecule has 0 aliphatic carbocycles. The molecule has 0 saturated carbocycles. The summed E-state index contributed by atoms with van der Waals surface area (Å²) in [4.78, 5) is 15.1. The Labute approximate surface area is 78.9 Å². The molecule has 0 aliphatic heterocycles. The van der Waals surface area contributed by atoms with Crippen LogP contribution < -0.4 is 0 Å². The summed E-state index contributed by atoms with van der Waals surface area (Å²) < 4.78 is 0. The van der Waals surface area contributed by atoms with E-state index in [0.29, 0.717) is 21.6 Å². The molecule has 2 aromatic rings. The Hall–Kier alpha value is -1.42. The van der Waals surface area contributed by atoms with Gasteiger partial charge in [-0.2, -0.15) is 5.10 Å². The van der Waals surface area contributed by atoms with E-state index < -0.39 is 0 Å². The molecular weight excluding hydrogens is 190 g/mol. The minimum absolute atomic E-state index is 0.0967. The van der Waals surface area contributed by atoms with Gasteiger partial charge in [0, 0.05) is 6.20 Å². The Balaban J connectivity index is 2.80. The van der Waals surface area contributed by atoms with Crippen LogP contribution in [0.2, 0.25) is 5.02 Å². The Morgan fingerprint density at radius 1 is 1.54 bits per heavy atom. The van der Waals surface area contributed by atoms with Crippen molar-refractivity contribution in [3.05, 3.63) is 23.0 Å². The van der Waals surface area contributed by atoms with Gasteiger partial charge in [0.1, 0.15) is 0 Å². The molecule has 0 aliphatic rings. The van der Waals surface area contributed by atoms with Crippen LogP contribution in [-0.4, -0.2) is 21.0 Å². The number of nitrogens with zero attached hydrogens (tertiary/aromatic N) is 2. The number of halogens is 1. The highest BCUT2D eigenvalue weighted by molar-refractivity contribution is 6.38. The third kappa shape index (κ3) is 1.19. The van der Waals surface area contributed by atoms with E-state index in [-0.39, 0.29) is 5.78 Å². The van der Waals surface area contributed by atoms with Crippen molar-refractivity contribution in [3.8, 4) is 0 Å². The first kappa shape index (κ1) is 8.19. The molecule has 0 saturated heterocycles. The van der Waals surface area contributed by atoms with Gasteiger partial charge in [-0.25, -0.2) is 4.98 Å². The van der Waals surface area contributed by atoms with Crippen molar-refractivity contribution in [3.63, 3.8) is 0 Å². The number of ketones is 1. The highest BCUT2D eigenvalue weighted by atomic mass is 35.5. The lowest BCUT2D eigenvalue weighted by Gasteiger charge is -1.98. The van der Waals surface area contributed by atoms with Gasteiger partial charge < -0.3 is 0 Å². The highest BCUT2D eigenvalue weighted by Crippen LogP contribution is 2.24. The average molecular weight is 196 g/mol. The second kappa shape index (κ2) is 2.81. The number of carbonyl (C=O) groups is 1. The molecule has 4 nitrogen and oxygen atoms in total. The Morgan fingerprint density at radius 3 is 3.00 bits per heavy atom. The van der Waals surface area contributed by atoms with Gasteiger partial charge in [0.2, 0.25) is 0 Å². The van der Waals surface area contributed by atoms with Crippen LogP contribution in [0.25, 0.3) is 11.0 Å². The number of Topliss-reactive ketones (excluding diaryl/α,β-unsaturated/α-hetero) is 1. The van der Waals surface area contributed by atoms with E-state index in [0.717, 1.165) is 0 Å². The lowest BCUT2D eigenvalue weighted by Crippen LogP contribution is -1.94. The average Bonchev–Trinajstić information content (AvgIpc) is 2.52. The first-order valence-electron chi connectivity index (χ1n) is 3.68. The summed E-state index contributed by atoms with van der Waals surface area (Å²) in [5.74, 6) is -0.0967. The van der Waals surface area contributed by atoms with Crippen LogP contribution in [0.4, 0.5) is 0 Å². The zero-order chi connectivity index (χ0) is 9.42. The van der Waals surface area contributed by atoms with E-state index in [1.54, 1.807) is 6.20 Å². The normalized spacial score (nSPS) is 10.6. The predicted octanol–water partition coefficient (Wildman–Crippen LogP) is 1.81. The number of hydrogen-bond donors (Lipinski definition) is 1. The molecule has 0 radical (unpaired) electrons. The van der Waals surface area contributed by atoms with Gasteiger partial charge in [-0.05, 0) is 6.92 Å². The predicted molar refractivity (Wildman–Crippen MR) is 48.9 cm³/mol. The van der Waals surface area contributed by atoms with Crippen LogP contribution in [0.15, 0.2) is 12.4 Å². The zero-order valence-electron chi connectivity index (χ0n) is 6.84. The van der Waals surface area contributed by atoms with E-state index in [9.17, 15) is 4.79 Å². The molecule has 0 aromatic carbocycles. The third-order valence-corrected chi connectivity index (χ3v) is 2.20. The number of carbonyl (C=O) groups excluding carboxylic acids is 1. The molecule has 13 heavy (non-hydrogen) atoms. The van der Waals surface area contributed by atoms with Crippen LogP contribution in [-0.2, 0) is 0 Å². The number of hydrogen-bond acceptors (Lipinski definition) is 3. The van der Waals surface area contributed by atoms with Crippen LogP contribution in [0.3, 0.4) is 0 Å². The maximum atomic E-state index is 11.1. The Morgan fingerprint density at radius 2 is 2.31 bits per heavy atom. The molecule has 5 heteroatoms. The fraction of sp³-hybridized carbons (Fsp3) is 0.125. The minimum atomic E-state index is -0.0967. The van der Waals surface area contributed by atoms with Crippen LogP contribution in [0.5, 0.6) is 0 Å². The van der Waals surface area contributed by atoms with Crippen molar-refractivity contribution < 1.29 is 4.79 Å². The van der Waals surface area contributed by atoms with Gasteiger partial charge in [-0.15, -0.1) is 0 Å². The molecule has 2 aromatic heterocycles. The summed E-state index contributed by atoms with van der Waals surface area (Å²) in [6, 6.07) is 0. The van der Waals surface area contributed by atoms with Gasteiger partial charge >= 0.3 is 0 Å². The largest absolute Gasteiger partial charge is 0.294 e. The van der Waals surface area contributed by atoms with E-state index >= 15 is 0 Å². The first-order valence-corrected chi connectivity index (χ1v) is 4.06. The Kier molecular flexibility index (Phi) is 1.77. The first-order chi connectivity index (χ1) is 6.20. The van der Waals surface area contributed by atoms with Gasteiger partial charge in [0.05, 0.1) is 22.2 Å². The summed E-state index contributed by atoms with van der Waals surface area (Å²) >= 11 is 5.96. The molecule has 66 valence electrons. The second-order valence-corrected chi connectivity index (χ2v) is 3.05. The molecule has 0 atom stereocenters. The number of H-pyrrole nitrogens is 1. The summed E-state index contributed by atoms with van der Waals surface area (Å²) in [5, 5.41) is 7.53. The number of aromatic amines is 1. The fourth-order valence-electron chi connectivity index (χ4n) is 1.11. The molecule has 0 amide bonds. The molecule has 0 unspecified atom stereocenters. The molecular formula is C8H6ClN3O. The monoisotopic (exact) mass is 195 g/mol. The van der Waals surface area contributed by atoms with E-state index in [4.69, 9.17) is 11.6 Å². The molecule has 0 fully saturated rings. The number of rotatable bonds is 1. The lowest BCUT2D eigenvalue weighted by molar-refractivity contribution is 0.101. The van der Waals surface area contributed by atoms with Crippen LogP contribution in [0.1, 0.15) is 17.3 Å². The van der Waals surface area contributed by atoms with E-state index in [1.807, 2.05) is 0 Å². The fourth-order valence-corrected chi connectivity index (χ4v) is 1.43. The Bertz CT molecular complexity index is 477. The van der Waals surface area contributed by atoms with Gasteiger partial charge in [-0.3, -0.25) is 9.89 Å². The topological polar surface area (TPSA) is 58.6 Å². The van der Waals surface area contributed by atoms with Crippen LogP contribution >= 0.6 is 11.6 Å². The number of nitrogens with one attached hydrogen (secondary N) is 1. The van der Waals surface area contributed by atoms with Crippen molar-refractivity contribution >= 4 is 28.4 Å². The second-order valence-electron chi connectivity index (χ2n) is 2.67. The summed E-state index contributed by atoms with van der Waals surface area (Å²) in [5.41, 5.74) is 1.02. The maximum absolute atomic E-state index is 11.1. The van der Waals surface area contributed by atoms with Gasteiger partial charge in [0.15, 0.2) is 11.4 Å². The minimum Gasteiger partial charge on any atom is -0.294 e. The van der Waals surface area contributed by atoms with Crippen molar-refractivity contribution in [2.24, 2.45) is 0 Å². The number of fused-ring (bicyclic) bond motifs is 1. The molecule has 2 heterocycles. The van der Waals surface area contributed by atoms with E-state index in [2.05, 4.69) is 15.2 Å². The summed E-state index contributed by atoms with van der Waals surface area (Å²) in [7, 11) is 0. The molecule has 2 rings (SSSR count). The van der Waals surface area contributed by atoms with Gasteiger partial charge in [0.25, 0.3) is 0 Å². The quantitative estimate of drug-likeness (QED) is 0.706. The molecule has 0 bridgehead atoms. The van der Waals surface area contributed by atoms with Crippen LogP contribution in [0, 0.1) is 0 Å². The summed E-state index contributed by atoms with van der Waals surface area (Å²) in [6.07, 6.45) is 3.00. The zero-order valence-corrected chi connectivity index (χ0v) is 7.59.